The Morgan fingerprint density at radius 3 is 2.30 bits per heavy atom. The van der Waals surface area contributed by atoms with Crippen molar-refractivity contribution in [2.45, 2.75) is 33.1 Å². The molecule has 30 heavy (non-hydrogen) atoms. The maximum absolute atomic E-state index is 12.5. The Bertz CT molecular complexity index is 888. The van der Waals surface area contributed by atoms with E-state index in [0.29, 0.717) is 12.4 Å². The van der Waals surface area contributed by atoms with Crippen molar-refractivity contribution in [1.29, 1.82) is 0 Å². The fourth-order valence-electron chi connectivity index (χ4n) is 2.79. The molecule has 0 atom stereocenters. The van der Waals surface area contributed by atoms with Crippen molar-refractivity contribution in [3.63, 3.8) is 0 Å². The zero-order valence-corrected chi connectivity index (χ0v) is 18.0. The molecular formula is C22H28N2O6. The van der Waals surface area contributed by atoms with Crippen LogP contribution in [0.25, 0.3) is 0 Å². The van der Waals surface area contributed by atoms with Gasteiger partial charge in [-0.15, -0.1) is 0 Å². The van der Waals surface area contributed by atoms with Gasteiger partial charge in [0.15, 0.2) is 11.5 Å². The molecule has 2 aromatic rings. The molecular weight excluding hydrogens is 388 g/mol. The number of methoxy groups -OCH3 is 1. The Kier molecular flexibility index (Phi) is 7.63. The van der Waals surface area contributed by atoms with Crippen LogP contribution in [0.5, 0.6) is 17.2 Å². The first kappa shape index (κ1) is 23.0. The molecule has 2 aromatic carbocycles. The number of carbonyl (C=O) groups is 1. The molecule has 0 bridgehead atoms. The van der Waals surface area contributed by atoms with Gasteiger partial charge in [-0.05, 0) is 30.0 Å². The Morgan fingerprint density at radius 1 is 1.10 bits per heavy atom. The van der Waals surface area contributed by atoms with Gasteiger partial charge in [-0.25, -0.2) is 0 Å². The van der Waals surface area contributed by atoms with Gasteiger partial charge in [0.25, 0.3) is 11.6 Å². The summed E-state index contributed by atoms with van der Waals surface area (Å²) in [6.07, 6.45) is 0. The van der Waals surface area contributed by atoms with E-state index in [1.54, 1.807) is 6.92 Å². The number of nitro groups is 1. The highest BCUT2D eigenvalue weighted by Crippen LogP contribution is 2.34. The van der Waals surface area contributed by atoms with Gasteiger partial charge in [0.2, 0.25) is 0 Å². The van der Waals surface area contributed by atoms with E-state index in [0.717, 1.165) is 0 Å². The van der Waals surface area contributed by atoms with Crippen molar-refractivity contribution in [2.75, 3.05) is 26.9 Å². The third kappa shape index (κ3) is 5.85. The highest BCUT2D eigenvalue weighted by molar-refractivity contribution is 5.99. The average molecular weight is 416 g/mol. The molecule has 8 nitrogen and oxygen atoms in total. The Balaban J connectivity index is 2.02. The quantitative estimate of drug-likeness (QED) is 0.375. The van der Waals surface area contributed by atoms with Crippen LogP contribution in [-0.2, 0) is 5.41 Å². The predicted molar refractivity (Wildman–Crippen MR) is 114 cm³/mol. The van der Waals surface area contributed by atoms with Gasteiger partial charge in [-0.3, -0.25) is 14.9 Å². The number of rotatable bonds is 9. The van der Waals surface area contributed by atoms with E-state index in [1.165, 1.54) is 24.8 Å². The van der Waals surface area contributed by atoms with Crippen LogP contribution in [0.3, 0.4) is 0 Å². The molecule has 1 N–H and O–H groups in total. The highest BCUT2D eigenvalue weighted by Gasteiger charge is 2.24. The number of hydrogen-bond acceptors (Lipinski definition) is 6. The lowest BCUT2D eigenvalue weighted by Crippen LogP contribution is -2.28. The summed E-state index contributed by atoms with van der Waals surface area (Å²) >= 11 is 0. The Hall–Kier alpha value is -3.29. The number of ether oxygens (including phenoxy) is 3. The first-order chi connectivity index (χ1) is 14.2. The Labute approximate surface area is 176 Å². The van der Waals surface area contributed by atoms with Crippen LogP contribution in [0.1, 0.15) is 43.6 Å². The first-order valence-corrected chi connectivity index (χ1v) is 9.68. The molecule has 0 radical (unpaired) electrons. The number of amides is 1. The van der Waals surface area contributed by atoms with Crippen molar-refractivity contribution in [1.82, 2.24) is 5.32 Å². The largest absolute Gasteiger partial charge is 0.493 e. The van der Waals surface area contributed by atoms with Gasteiger partial charge >= 0.3 is 0 Å². The van der Waals surface area contributed by atoms with Gasteiger partial charge in [0.05, 0.1) is 31.3 Å². The summed E-state index contributed by atoms with van der Waals surface area (Å²) < 4.78 is 16.2. The van der Waals surface area contributed by atoms with Crippen LogP contribution >= 0.6 is 0 Å². The second-order valence-electron chi connectivity index (χ2n) is 7.59. The number of nitrogens with one attached hydrogen (secondary N) is 1. The van der Waals surface area contributed by atoms with Crippen LogP contribution in [0, 0.1) is 10.1 Å². The van der Waals surface area contributed by atoms with Crippen LogP contribution in [0.4, 0.5) is 5.69 Å². The fraction of sp³-hybridized carbons (Fsp3) is 0.409. The standard InChI is InChI=1S/C22H28N2O6/c1-6-29-20-13-17(18(24(26)27)14-19(20)28-5)21(25)23-11-12-30-16-9-7-15(8-10-16)22(2,3)4/h7-10,13-14H,6,11-12H2,1-5H3,(H,23,25). The SMILES string of the molecule is CCOc1cc(C(=O)NCCOc2ccc(C(C)(C)C)cc2)c([N+](=O)[O-])cc1OC. The van der Waals surface area contributed by atoms with Crippen LogP contribution in [0.2, 0.25) is 0 Å². The van der Waals surface area contributed by atoms with E-state index in [1.807, 2.05) is 24.3 Å². The molecule has 0 aromatic heterocycles. The summed E-state index contributed by atoms with van der Waals surface area (Å²) in [4.78, 5) is 23.3. The third-order valence-electron chi connectivity index (χ3n) is 4.40. The number of nitro benzene ring substituents is 1. The highest BCUT2D eigenvalue weighted by atomic mass is 16.6. The summed E-state index contributed by atoms with van der Waals surface area (Å²) in [6, 6.07) is 10.3. The molecule has 2 rings (SSSR count). The van der Waals surface area contributed by atoms with Gasteiger partial charge < -0.3 is 19.5 Å². The van der Waals surface area contributed by atoms with E-state index in [2.05, 4.69) is 26.1 Å². The minimum Gasteiger partial charge on any atom is -0.493 e. The van der Waals surface area contributed by atoms with Gasteiger partial charge in [-0.2, -0.15) is 0 Å². The third-order valence-corrected chi connectivity index (χ3v) is 4.40. The van der Waals surface area contributed by atoms with Crippen molar-refractivity contribution < 1.29 is 23.9 Å². The monoisotopic (exact) mass is 416 g/mol. The van der Waals surface area contributed by atoms with Crippen molar-refractivity contribution in [2.24, 2.45) is 0 Å². The zero-order valence-electron chi connectivity index (χ0n) is 18.0. The molecule has 0 spiro atoms. The lowest BCUT2D eigenvalue weighted by Gasteiger charge is -2.19. The lowest BCUT2D eigenvalue weighted by molar-refractivity contribution is -0.385. The maximum Gasteiger partial charge on any atom is 0.286 e. The van der Waals surface area contributed by atoms with E-state index in [4.69, 9.17) is 14.2 Å². The summed E-state index contributed by atoms with van der Waals surface area (Å²) in [5.74, 6) is 0.566. The summed E-state index contributed by atoms with van der Waals surface area (Å²) in [7, 11) is 1.38. The summed E-state index contributed by atoms with van der Waals surface area (Å²) in [5, 5.41) is 14.0. The Morgan fingerprint density at radius 2 is 1.77 bits per heavy atom. The minimum atomic E-state index is -0.625. The minimum absolute atomic E-state index is 0.0555. The van der Waals surface area contributed by atoms with Crippen molar-refractivity contribution >= 4 is 11.6 Å². The van der Waals surface area contributed by atoms with Gasteiger partial charge in [0.1, 0.15) is 17.9 Å². The van der Waals surface area contributed by atoms with Crippen molar-refractivity contribution in [3.05, 3.63) is 57.6 Å². The molecule has 0 aliphatic heterocycles. The molecule has 0 aliphatic carbocycles. The van der Waals surface area contributed by atoms with E-state index < -0.39 is 10.8 Å². The van der Waals surface area contributed by atoms with Gasteiger partial charge in [0, 0.05) is 6.07 Å². The fourth-order valence-corrected chi connectivity index (χ4v) is 2.79. The predicted octanol–water partition coefficient (Wildman–Crippen LogP) is 4.11. The second kappa shape index (κ2) is 9.96. The average Bonchev–Trinajstić information content (AvgIpc) is 2.70. The maximum atomic E-state index is 12.5. The smallest absolute Gasteiger partial charge is 0.286 e. The normalized spacial score (nSPS) is 11.0. The van der Waals surface area contributed by atoms with E-state index >= 15 is 0 Å². The van der Waals surface area contributed by atoms with Crippen LogP contribution < -0.4 is 19.5 Å². The summed E-state index contributed by atoms with van der Waals surface area (Å²) in [5.41, 5.74) is 0.797. The van der Waals surface area contributed by atoms with Gasteiger partial charge in [-0.1, -0.05) is 32.9 Å². The summed E-state index contributed by atoms with van der Waals surface area (Å²) in [6.45, 7) is 8.91. The van der Waals surface area contributed by atoms with Crippen LogP contribution in [-0.4, -0.2) is 37.7 Å². The first-order valence-electron chi connectivity index (χ1n) is 9.68. The van der Waals surface area contributed by atoms with Crippen LogP contribution in [0.15, 0.2) is 36.4 Å². The zero-order chi connectivity index (χ0) is 22.3. The van der Waals surface area contributed by atoms with E-state index in [-0.39, 0.29) is 41.3 Å². The second-order valence-corrected chi connectivity index (χ2v) is 7.59. The number of carbonyl (C=O) groups excluding carboxylic acids is 1. The molecule has 0 unspecified atom stereocenters. The molecule has 0 aliphatic rings. The topological polar surface area (TPSA) is 99.9 Å². The molecule has 0 heterocycles. The lowest BCUT2D eigenvalue weighted by atomic mass is 9.87. The molecule has 0 fully saturated rings. The molecule has 0 saturated heterocycles. The number of benzene rings is 2. The van der Waals surface area contributed by atoms with E-state index in [9.17, 15) is 14.9 Å². The molecule has 1 amide bonds. The number of nitrogens with zero attached hydrogens (tertiary/aromatic N) is 1. The molecule has 162 valence electrons. The molecule has 0 saturated carbocycles. The number of hydrogen-bond donors (Lipinski definition) is 1. The van der Waals surface area contributed by atoms with Crippen molar-refractivity contribution in [3.8, 4) is 17.2 Å². The molecule has 8 heteroatoms.